The fourth-order valence-corrected chi connectivity index (χ4v) is 2.45. The van der Waals surface area contributed by atoms with Crippen LogP contribution in [0.4, 0.5) is 0 Å². The number of hydrogen-bond acceptors (Lipinski definition) is 4. The van der Waals surface area contributed by atoms with Gasteiger partial charge >= 0.3 is 0 Å². The molecule has 4 nitrogen and oxygen atoms in total. The van der Waals surface area contributed by atoms with E-state index in [-0.39, 0.29) is 30.3 Å². The zero-order chi connectivity index (χ0) is 14.0. The normalized spacial score (nSPS) is 12.7. The van der Waals surface area contributed by atoms with E-state index in [1.54, 1.807) is 11.8 Å². The number of carbonyl (C=O) groups excluding carboxylic acids is 1. The van der Waals surface area contributed by atoms with Gasteiger partial charge in [-0.25, -0.2) is 0 Å². The molecule has 0 aliphatic carbocycles. The molecule has 0 fully saturated rings. The van der Waals surface area contributed by atoms with Crippen molar-refractivity contribution >= 4 is 30.1 Å². The average Bonchev–Trinajstić information content (AvgIpc) is 2.40. The van der Waals surface area contributed by atoms with Crippen LogP contribution in [0.3, 0.4) is 0 Å². The Morgan fingerprint density at radius 2 is 2.00 bits per heavy atom. The van der Waals surface area contributed by atoms with Crippen LogP contribution in [0.2, 0.25) is 0 Å². The highest BCUT2D eigenvalue weighted by Gasteiger charge is 2.26. The van der Waals surface area contributed by atoms with Crippen molar-refractivity contribution in [2.45, 2.75) is 45.6 Å². The summed E-state index contributed by atoms with van der Waals surface area (Å²) >= 11 is 1.70. The summed E-state index contributed by atoms with van der Waals surface area (Å²) in [6, 6.07) is -0.419. The lowest BCUT2D eigenvalue weighted by Crippen LogP contribution is -2.45. The first-order valence-electron chi connectivity index (χ1n) is 6.68. The Morgan fingerprint density at radius 1 is 1.42 bits per heavy atom. The number of nitrogens with one attached hydrogen (secondary N) is 1. The van der Waals surface area contributed by atoms with Gasteiger partial charge in [0.2, 0.25) is 5.91 Å². The zero-order valence-corrected chi connectivity index (χ0v) is 13.9. The van der Waals surface area contributed by atoms with Crippen molar-refractivity contribution in [2.24, 2.45) is 11.1 Å². The maximum absolute atomic E-state index is 11.8. The summed E-state index contributed by atoms with van der Waals surface area (Å²) in [6.07, 6.45) is 5.33. The summed E-state index contributed by atoms with van der Waals surface area (Å²) in [7, 11) is 0. The SMILES string of the molecule is CCC(CC)(CCO)CNC(=O)[C@@H](N)CCSC.Cl. The Hall–Kier alpha value is 0.0300. The predicted octanol–water partition coefficient (Wildman–Crippen LogP) is 1.79. The van der Waals surface area contributed by atoms with Crippen molar-refractivity contribution in [2.75, 3.05) is 25.2 Å². The van der Waals surface area contributed by atoms with Crippen molar-refractivity contribution in [3.8, 4) is 0 Å². The molecule has 0 aliphatic rings. The Morgan fingerprint density at radius 3 is 2.42 bits per heavy atom. The Kier molecular flexibility index (Phi) is 13.3. The van der Waals surface area contributed by atoms with Crippen molar-refractivity contribution < 1.29 is 9.90 Å². The van der Waals surface area contributed by atoms with Gasteiger partial charge in [0.1, 0.15) is 0 Å². The molecule has 4 N–H and O–H groups in total. The highest BCUT2D eigenvalue weighted by molar-refractivity contribution is 7.98. The standard InChI is InChI=1S/C13H28N2O2S.ClH/c1-4-13(5-2,7-8-16)10-15-12(17)11(14)6-9-18-3;/h11,16H,4-10,14H2,1-3H3,(H,15,17);1H/t11-;/m0./s1. The van der Waals surface area contributed by atoms with E-state index >= 15 is 0 Å². The van der Waals surface area contributed by atoms with Gasteiger partial charge in [-0.15, -0.1) is 12.4 Å². The van der Waals surface area contributed by atoms with E-state index < -0.39 is 6.04 Å². The van der Waals surface area contributed by atoms with Gasteiger partial charge in [-0.2, -0.15) is 11.8 Å². The third-order valence-electron chi connectivity index (χ3n) is 3.75. The minimum Gasteiger partial charge on any atom is -0.396 e. The average molecular weight is 313 g/mol. The summed E-state index contributed by atoms with van der Waals surface area (Å²) in [4.78, 5) is 11.8. The summed E-state index contributed by atoms with van der Waals surface area (Å²) in [5.74, 6) is 0.825. The smallest absolute Gasteiger partial charge is 0.236 e. The first-order valence-corrected chi connectivity index (χ1v) is 8.07. The zero-order valence-electron chi connectivity index (χ0n) is 12.3. The Bertz CT molecular complexity index is 239. The monoisotopic (exact) mass is 312 g/mol. The summed E-state index contributed by atoms with van der Waals surface area (Å²) in [6.45, 7) is 4.96. The molecule has 6 heteroatoms. The molecule has 0 aromatic carbocycles. The van der Waals surface area contributed by atoms with Gasteiger partial charge in [0.25, 0.3) is 0 Å². The van der Waals surface area contributed by atoms with E-state index in [1.807, 2.05) is 6.26 Å². The van der Waals surface area contributed by atoms with Crippen LogP contribution in [0.25, 0.3) is 0 Å². The van der Waals surface area contributed by atoms with Crippen LogP contribution in [0.1, 0.15) is 39.5 Å². The van der Waals surface area contributed by atoms with Gasteiger partial charge in [0, 0.05) is 13.2 Å². The topological polar surface area (TPSA) is 75.3 Å². The second-order valence-corrected chi connectivity index (χ2v) is 5.77. The van der Waals surface area contributed by atoms with E-state index in [0.29, 0.717) is 13.0 Å². The third kappa shape index (κ3) is 8.02. The second kappa shape index (κ2) is 11.8. The lowest BCUT2D eigenvalue weighted by molar-refractivity contribution is -0.123. The molecule has 116 valence electrons. The van der Waals surface area contributed by atoms with Crippen LogP contribution in [-0.4, -0.2) is 42.2 Å². The number of rotatable bonds is 10. The van der Waals surface area contributed by atoms with E-state index in [0.717, 1.165) is 25.0 Å². The van der Waals surface area contributed by atoms with E-state index in [9.17, 15) is 4.79 Å². The molecule has 0 rings (SSSR count). The molecule has 0 spiro atoms. The molecule has 0 aromatic rings. The highest BCUT2D eigenvalue weighted by Crippen LogP contribution is 2.29. The van der Waals surface area contributed by atoms with E-state index in [1.165, 1.54) is 0 Å². The number of halogens is 1. The van der Waals surface area contributed by atoms with E-state index in [4.69, 9.17) is 10.8 Å². The van der Waals surface area contributed by atoms with Gasteiger partial charge in [-0.1, -0.05) is 13.8 Å². The molecule has 19 heavy (non-hydrogen) atoms. The third-order valence-corrected chi connectivity index (χ3v) is 4.39. The van der Waals surface area contributed by atoms with Crippen molar-refractivity contribution in [3.63, 3.8) is 0 Å². The van der Waals surface area contributed by atoms with Gasteiger partial charge in [-0.05, 0) is 43.1 Å². The largest absolute Gasteiger partial charge is 0.396 e. The van der Waals surface area contributed by atoms with Crippen LogP contribution < -0.4 is 11.1 Å². The fraction of sp³-hybridized carbons (Fsp3) is 0.923. The minimum atomic E-state index is -0.419. The van der Waals surface area contributed by atoms with Gasteiger partial charge < -0.3 is 16.2 Å². The molecule has 0 radical (unpaired) electrons. The number of aliphatic hydroxyl groups is 1. The number of amides is 1. The van der Waals surface area contributed by atoms with Gasteiger partial charge in [0.15, 0.2) is 0 Å². The maximum Gasteiger partial charge on any atom is 0.236 e. The summed E-state index contributed by atoms with van der Waals surface area (Å²) < 4.78 is 0. The Labute approximate surface area is 127 Å². The van der Waals surface area contributed by atoms with Crippen LogP contribution >= 0.6 is 24.2 Å². The molecule has 0 unspecified atom stereocenters. The van der Waals surface area contributed by atoms with Crippen molar-refractivity contribution in [1.29, 1.82) is 0 Å². The molecule has 0 saturated carbocycles. The molecular weight excluding hydrogens is 284 g/mol. The lowest BCUT2D eigenvalue weighted by atomic mass is 9.79. The van der Waals surface area contributed by atoms with Crippen LogP contribution in [0, 0.1) is 5.41 Å². The highest BCUT2D eigenvalue weighted by atomic mass is 35.5. The number of nitrogens with two attached hydrogens (primary N) is 1. The molecule has 0 aliphatic heterocycles. The molecule has 0 aromatic heterocycles. The first kappa shape index (κ1) is 21.3. The van der Waals surface area contributed by atoms with E-state index in [2.05, 4.69) is 19.2 Å². The number of thioether (sulfide) groups is 1. The lowest BCUT2D eigenvalue weighted by Gasteiger charge is -2.31. The molecule has 0 saturated heterocycles. The van der Waals surface area contributed by atoms with Gasteiger partial charge in [0.05, 0.1) is 6.04 Å². The molecular formula is C13H29ClN2O2S. The minimum absolute atomic E-state index is 0. The number of hydrogen-bond donors (Lipinski definition) is 3. The number of aliphatic hydroxyl groups excluding tert-OH is 1. The molecule has 0 bridgehead atoms. The first-order chi connectivity index (χ1) is 8.55. The molecule has 0 heterocycles. The quantitative estimate of drug-likeness (QED) is 0.575. The predicted molar refractivity (Wildman–Crippen MR) is 85.9 cm³/mol. The maximum atomic E-state index is 11.8. The number of carbonyl (C=O) groups is 1. The van der Waals surface area contributed by atoms with Crippen LogP contribution in [0.15, 0.2) is 0 Å². The van der Waals surface area contributed by atoms with Crippen molar-refractivity contribution in [1.82, 2.24) is 5.32 Å². The molecule has 1 atom stereocenters. The van der Waals surface area contributed by atoms with Crippen molar-refractivity contribution in [3.05, 3.63) is 0 Å². The fourth-order valence-electron chi connectivity index (χ4n) is 1.96. The van der Waals surface area contributed by atoms with Crippen LogP contribution in [0.5, 0.6) is 0 Å². The van der Waals surface area contributed by atoms with Crippen LogP contribution in [-0.2, 0) is 4.79 Å². The second-order valence-electron chi connectivity index (χ2n) is 4.79. The van der Waals surface area contributed by atoms with Gasteiger partial charge in [-0.3, -0.25) is 4.79 Å². The summed E-state index contributed by atoms with van der Waals surface area (Å²) in [5, 5.41) is 12.0. The molecule has 1 amide bonds. The summed E-state index contributed by atoms with van der Waals surface area (Å²) in [5.41, 5.74) is 5.82. The Balaban J connectivity index is 0.